The van der Waals surface area contributed by atoms with E-state index < -0.39 is 0 Å². The molecule has 0 fully saturated rings. The summed E-state index contributed by atoms with van der Waals surface area (Å²) in [6, 6.07) is 9.80. The lowest BCUT2D eigenvalue weighted by Crippen LogP contribution is -2.22. The molecule has 2 rings (SSSR count). The third kappa shape index (κ3) is 2.25. The minimum atomic E-state index is -0.373. The van der Waals surface area contributed by atoms with E-state index in [1.165, 1.54) is 11.8 Å². The minimum absolute atomic E-state index is 0.0325. The highest BCUT2D eigenvalue weighted by molar-refractivity contribution is 8.00. The third-order valence-corrected chi connectivity index (χ3v) is 2.97. The number of ketones is 1. The number of thioether (sulfide) groups is 1. The molecule has 0 saturated heterocycles. The van der Waals surface area contributed by atoms with Crippen LogP contribution in [0.15, 0.2) is 47.4 Å². The normalized spacial score (nSPS) is 21.1. The number of benzene rings is 1. The van der Waals surface area contributed by atoms with E-state index in [4.69, 9.17) is 4.74 Å². The summed E-state index contributed by atoms with van der Waals surface area (Å²) >= 11 is 1.45. The monoisotopic (exact) mass is 206 g/mol. The Labute approximate surface area is 87.0 Å². The lowest BCUT2D eigenvalue weighted by Gasteiger charge is -2.16. The van der Waals surface area contributed by atoms with Crippen LogP contribution in [0.1, 0.15) is 0 Å². The van der Waals surface area contributed by atoms with Crippen molar-refractivity contribution in [2.75, 3.05) is 6.61 Å². The average Bonchev–Trinajstić information content (AvgIpc) is 2.23. The van der Waals surface area contributed by atoms with Gasteiger partial charge in [-0.15, -0.1) is 0 Å². The Balaban J connectivity index is 2.04. The lowest BCUT2D eigenvalue weighted by atomic mass is 10.3. The van der Waals surface area contributed by atoms with Gasteiger partial charge in [-0.25, -0.2) is 0 Å². The van der Waals surface area contributed by atoms with E-state index in [-0.39, 0.29) is 11.2 Å². The van der Waals surface area contributed by atoms with Gasteiger partial charge in [0.2, 0.25) is 0 Å². The molecule has 1 unspecified atom stereocenters. The minimum Gasteiger partial charge on any atom is -0.355 e. The summed E-state index contributed by atoms with van der Waals surface area (Å²) in [6.07, 6.45) is 3.33. The van der Waals surface area contributed by atoms with Crippen LogP contribution in [-0.2, 0) is 9.53 Å². The molecule has 1 aliphatic heterocycles. The van der Waals surface area contributed by atoms with Crippen LogP contribution in [0.5, 0.6) is 0 Å². The molecule has 0 aromatic heterocycles. The summed E-state index contributed by atoms with van der Waals surface area (Å²) in [5, 5.41) is 0. The van der Waals surface area contributed by atoms with Crippen LogP contribution in [0.25, 0.3) is 0 Å². The van der Waals surface area contributed by atoms with Crippen molar-refractivity contribution in [1.82, 2.24) is 0 Å². The molecule has 0 aliphatic carbocycles. The predicted molar refractivity (Wildman–Crippen MR) is 56.2 cm³/mol. The third-order valence-electron chi connectivity index (χ3n) is 1.84. The Morgan fingerprint density at radius 1 is 1.29 bits per heavy atom. The summed E-state index contributed by atoms with van der Waals surface area (Å²) in [7, 11) is 0. The number of carbonyl (C=O) groups excluding carboxylic acids is 1. The SMILES string of the molecule is O=C1C=CCOC1Sc1ccccc1. The van der Waals surface area contributed by atoms with Crippen LogP contribution in [0.3, 0.4) is 0 Å². The van der Waals surface area contributed by atoms with Gasteiger partial charge >= 0.3 is 0 Å². The van der Waals surface area contributed by atoms with Gasteiger partial charge < -0.3 is 4.74 Å². The fraction of sp³-hybridized carbons (Fsp3) is 0.182. The van der Waals surface area contributed by atoms with Crippen molar-refractivity contribution in [1.29, 1.82) is 0 Å². The molecule has 1 atom stereocenters. The number of rotatable bonds is 2. The Hall–Kier alpha value is -1.06. The van der Waals surface area contributed by atoms with E-state index in [9.17, 15) is 4.79 Å². The van der Waals surface area contributed by atoms with E-state index in [0.29, 0.717) is 6.61 Å². The predicted octanol–water partition coefficient (Wildman–Crippen LogP) is 2.26. The first-order valence-electron chi connectivity index (χ1n) is 4.40. The quantitative estimate of drug-likeness (QED) is 0.742. The first kappa shape index (κ1) is 9.49. The number of ether oxygens (including phenoxy) is 1. The van der Waals surface area contributed by atoms with Gasteiger partial charge in [0.1, 0.15) is 0 Å². The zero-order valence-electron chi connectivity index (χ0n) is 7.55. The second-order valence-corrected chi connectivity index (χ2v) is 4.04. The molecule has 0 N–H and O–H groups in total. The highest BCUT2D eigenvalue weighted by Crippen LogP contribution is 2.25. The van der Waals surface area contributed by atoms with Crippen LogP contribution in [-0.4, -0.2) is 17.8 Å². The number of hydrogen-bond donors (Lipinski definition) is 0. The highest BCUT2D eigenvalue weighted by Gasteiger charge is 2.20. The molecule has 14 heavy (non-hydrogen) atoms. The lowest BCUT2D eigenvalue weighted by molar-refractivity contribution is -0.121. The molecule has 0 amide bonds. The van der Waals surface area contributed by atoms with Crippen LogP contribution < -0.4 is 0 Å². The Kier molecular flexibility index (Phi) is 3.01. The molecule has 2 nitrogen and oxygen atoms in total. The van der Waals surface area contributed by atoms with Crippen molar-refractivity contribution in [2.24, 2.45) is 0 Å². The van der Waals surface area contributed by atoms with Crippen LogP contribution in [0, 0.1) is 0 Å². The summed E-state index contributed by atoms with van der Waals surface area (Å²) in [4.78, 5) is 12.4. The highest BCUT2D eigenvalue weighted by atomic mass is 32.2. The van der Waals surface area contributed by atoms with Gasteiger partial charge in [0.15, 0.2) is 11.2 Å². The first-order chi connectivity index (χ1) is 6.86. The standard InChI is InChI=1S/C11H10O2S/c12-10-7-4-8-13-11(10)14-9-5-2-1-3-6-9/h1-7,11H,8H2. The van der Waals surface area contributed by atoms with Crippen molar-refractivity contribution < 1.29 is 9.53 Å². The number of carbonyl (C=O) groups is 1. The zero-order valence-corrected chi connectivity index (χ0v) is 8.37. The van der Waals surface area contributed by atoms with Gasteiger partial charge in [0.05, 0.1) is 6.61 Å². The van der Waals surface area contributed by atoms with Gasteiger partial charge in [-0.05, 0) is 18.2 Å². The molecular formula is C11H10O2S. The van der Waals surface area contributed by atoms with Gasteiger partial charge in [0.25, 0.3) is 0 Å². The van der Waals surface area contributed by atoms with Gasteiger partial charge in [-0.2, -0.15) is 0 Å². The maximum atomic E-state index is 11.4. The fourth-order valence-electron chi connectivity index (χ4n) is 1.18. The molecule has 0 bridgehead atoms. The topological polar surface area (TPSA) is 26.3 Å². The second-order valence-electron chi connectivity index (χ2n) is 2.90. The van der Waals surface area contributed by atoms with Crippen molar-refractivity contribution in [3.8, 4) is 0 Å². The summed E-state index contributed by atoms with van der Waals surface area (Å²) < 4.78 is 5.32. The Morgan fingerprint density at radius 2 is 2.07 bits per heavy atom. The molecule has 1 aromatic carbocycles. The maximum Gasteiger partial charge on any atom is 0.194 e. The molecule has 0 saturated carbocycles. The molecule has 3 heteroatoms. The van der Waals surface area contributed by atoms with Crippen LogP contribution >= 0.6 is 11.8 Å². The Morgan fingerprint density at radius 3 is 2.79 bits per heavy atom. The van der Waals surface area contributed by atoms with Crippen molar-refractivity contribution >= 4 is 17.5 Å². The van der Waals surface area contributed by atoms with Gasteiger partial charge in [-0.3, -0.25) is 4.79 Å². The molecule has 1 heterocycles. The van der Waals surface area contributed by atoms with E-state index in [2.05, 4.69) is 0 Å². The van der Waals surface area contributed by atoms with E-state index >= 15 is 0 Å². The van der Waals surface area contributed by atoms with Gasteiger partial charge in [-0.1, -0.05) is 36.0 Å². The summed E-state index contributed by atoms with van der Waals surface area (Å²) in [6.45, 7) is 0.524. The van der Waals surface area contributed by atoms with E-state index in [1.807, 2.05) is 30.3 Å². The van der Waals surface area contributed by atoms with Crippen molar-refractivity contribution in [2.45, 2.75) is 10.3 Å². The van der Waals surface area contributed by atoms with Crippen molar-refractivity contribution in [3.05, 3.63) is 42.5 Å². The van der Waals surface area contributed by atoms with Crippen LogP contribution in [0.2, 0.25) is 0 Å². The Bertz CT molecular complexity index is 346. The average molecular weight is 206 g/mol. The second kappa shape index (κ2) is 4.44. The molecule has 72 valence electrons. The smallest absolute Gasteiger partial charge is 0.194 e. The summed E-state index contributed by atoms with van der Waals surface area (Å²) in [5.74, 6) is 0.0325. The van der Waals surface area contributed by atoms with E-state index in [1.54, 1.807) is 12.2 Å². The number of hydrogen-bond acceptors (Lipinski definition) is 3. The molecule has 0 spiro atoms. The first-order valence-corrected chi connectivity index (χ1v) is 5.28. The molecular weight excluding hydrogens is 196 g/mol. The fourth-order valence-corrected chi connectivity index (χ4v) is 2.09. The van der Waals surface area contributed by atoms with Crippen LogP contribution in [0.4, 0.5) is 0 Å². The maximum absolute atomic E-state index is 11.4. The van der Waals surface area contributed by atoms with Gasteiger partial charge in [0, 0.05) is 4.90 Å². The summed E-state index contributed by atoms with van der Waals surface area (Å²) in [5.41, 5.74) is -0.373. The van der Waals surface area contributed by atoms with Crippen molar-refractivity contribution in [3.63, 3.8) is 0 Å². The van der Waals surface area contributed by atoms with E-state index in [0.717, 1.165) is 4.90 Å². The zero-order chi connectivity index (χ0) is 9.80. The molecule has 1 aromatic rings. The molecule has 1 aliphatic rings. The largest absolute Gasteiger partial charge is 0.355 e. The molecule has 0 radical (unpaired) electrons.